The number of para-hydroxylation sites is 1. The van der Waals surface area contributed by atoms with Gasteiger partial charge in [0.05, 0.1) is 5.69 Å². The Labute approximate surface area is 120 Å². The molecule has 0 atom stereocenters. The fourth-order valence-corrected chi connectivity index (χ4v) is 2.09. The minimum absolute atomic E-state index is 0.0280. The fourth-order valence-electron chi connectivity index (χ4n) is 1.91. The van der Waals surface area contributed by atoms with Crippen LogP contribution in [0.3, 0.4) is 0 Å². The van der Waals surface area contributed by atoms with Gasteiger partial charge in [0.15, 0.2) is 0 Å². The number of hydrogen-bond donors (Lipinski definition) is 2. The molecule has 0 saturated heterocycles. The number of nitrogens with two attached hydrogens (primary N) is 1. The molecule has 0 fully saturated rings. The maximum Gasteiger partial charge on any atom is 0.224 e. The highest BCUT2D eigenvalue weighted by atomic mass is 32.1. The van der Waals surface area contributed by atoms with Gasteiger partial charge in [0, 0.05) is 12.0 Å². The van der Waals surface area contributed by atoms with Crippen LogP contribution in [-0.2, 0) is 4.79 Å². The number of hydrogen-bond acceptors (Lipinski definition) is 2. The summed E-state index contributed by atoms with van der Waals surface area (Å²) in [6, 6.07) is 7.36. The number of carbonyl (C=O) groups excluding carboxylic acids is 1. The molecule has 0 bridgehead atoms. The van der Waals surface area contributed by atoms with E-state index in [1.54, 1.807) is 0 Å². The van der Waals surface area contributed by atoms with E-state index in [1.165, 1.54) is 19.3 Å². The highest BCUT2D eigenvalue weighted by Gasteiger charge is 2.07. The summed E-state index contributed by atoms with van der Waals surface area (Å²) in [5.41, 5.74) is 7.05. The van der Waals surface area contributed by atoms with Crippen LogP contribution in [-0.4, -0.2) is 10.9 Å². The molecular formula is C15H22N2OS. The van der Waals surface area contributed by atoms with Crippen LogP contribution in [0, 0.1) is 0 Å². The molecule has 19 heavy (non-hydrogen) atoms. The minimum Gasteiger partial charge on any atom is -0.389 e. The molecule has 104 valence electrons. The van der Waals surface area contributed by atoms with Gasteiger partial charge in [0.2, 0.25) is 5.91 Å². The van der Waals surface area contributed by atoms with Crippen LogP contribution in [0.1, 0.15) is 51.0 Å². The summed E-state index contributed by atoms with van der Waals surface area (Å²) in [5, 5.41) is 2.88. The van der Waals surface area contributed by atoms with Crippen molar-refractivity contribution in [2.24, 2.45) is 5.73 Å². The van der Waals surface area contributed by atoms with E-state index in [4.69, 9.17) is 18.0 Å². The number of amides is 1. The van der Waals surface area contributed by atoms with Gasteiger partial charge in [0.25, 0.3) is 0 Å². The summed E-state index contributed by atoms with van der Waals surface area (Å²) in [4.78, 5) is 12.1. The van der Waals surface area contributed by atoms with Gasteiger partial charge in [-0.25, -0.2) is 0 Å². The Hall–Kier alpha value is -1.42. The van der Waals surface area contributed by atoms with Crippen molar-refractivity contribution in [3.8, 4) is 0 Å². The van der Waals surface area contributed by atoms with Gasteiger partial charge in [-0.1, -0.05) is 57.0 Å². The molecule has 0 aliphatic rings. The molecule has 0 aliphatic carbocycles. The molecule has 0 spiro atoms. The quantitative estimate of drug-likeness (QED) is 0.564. The van der Waals surface area contributed by atoms with E-state index in [0.29, 0.717) is 17.1 Å². The molecule has 0 radical (unpaired) electrons. The Bertz CT molecular complexity index is 432. The third kappa shape index (κ3) is 5.83. The van der Waals surface area contributed by atoms with Crippen LogP contribution in [0.25, 0.3) is 0 Å². The summed E-state index contributed by atoms with van der Waals surface area (Å²) < 4.78 is 0. The lowest BCUT2D eigenvalue weighted by molar-refractivity contribution is -0.116. The molecule has 0 aliphatic heterocycles. The third-order valence-electron chi connectivity index (χ3n) is 2.97. The number of anilines is 1. The van der Waals surface area contributed by atoms with Crippen LogP contribution < -0.4 is 11.1 Å². The van der Waals surface area contributed by atoms with Crippen LogP contribution in [0.5, 0.6) is 0 Å². The van der Waals surface area contributed by atoms with Crippen molar-refractivity contribution in [3.63, 3.8) is 0 Å². The van der Waals surface area contributed by atoms with Crippen molar-refractivity contribution in [3.05, 3.63) is 29.8 Å². The lowest BCUT2D eigenvalue weighted by atomic mass is 10.1. The number of benzene rings is 1. The molecule has 1 aromatic rings. The highest BCUT2D eigenvalue weighted by Crippen LogP contribution is 2.15. The smallest absolute Gasteiger partial charge is 0.224 e. The number of nitrogens with one attached hydrogen (secondary N) is 1. The normalized spacial score (nSPS) is 10.2. The number of thiocarbonyl (C=S) groups is 1. The van der Waals surface area contributed by atoms with Crippen molar-refractivity contribution < 1.29 is 4.79 Å². The van der Waals surface area contributed by atoms with Gasteiger partial charge in [-0.2, -0.15) is 0 Å². The van der Waals surface area contributed by atoms with Crippen LogP contribution in [0.4, 0.5) is 5.69 Å². The van der Waals surface area contributed by atoms with Crippen molar-refractivity contribution in [1.82, 2.24) is 0 Å². The Balaban J connectivity index is 2.42. The third-order valence-corrected chi connectivity index (χ3v) is 3.19. The van der Waals surface area contributed by atoms with Crippen molar-refractivity contribution in [1.29, 1.82) is 0 Å². The van der Waals surface area contributed by atoms with Crippen LogP contribution >= 0.6 is 12.2 Å². The second kappa shape index (κ2) is 8.64. The molecule has 0 heterocycles. The van der Waals surface area contributed by atoms with Gasteiger partial charge in [0.1, 0.15) is 4.99 Å². The molecule has 0 unspecified atom stereocenters. The number of carbonyl (C=O) groups is 1. The zero-order valence-electron chi connectivity index (χ0n) is 11.4. The topological polar surface area (TPSA) is 55.1 Å². The van der Waals surface area contributed by atoms with Crippen molar-refractivity contribution in [2.45, 2.75) is 45.4 Å². The summed E-state index contributed by atoms with van der Waals surface area (Å²) in [5.74, 6) is 0.0280. The van der Waals surface area contributed by atoms with Gasteiger partial charge in [-0.05, 0) is 18.6 Å². The zero-order chi connectivity index (χ0) is 14.1. The first-order valence-electron chi connectivity index (χ1n) is 6.83. The molecule has 4 heteroatoms. The van der Waals surface area contributed by atoms with E-state index >= 15 is 0 Å². The molecule has 1 amide bonds. The SMILES string of the molecule is CCCCCCCC(=O)Nc1ccccc1C(N)=S. The van der Waals surface area contributed by atoms with Crippen LogP contribution in [0.2, 0.25) is 0 Å². The van der Waals surface area contributed by atoms with Crippen molar-refractivity contribution in [2.75, 3.05) is 5.32 Å². The second-order valence-electron chi connectivity index (χ2n) is 4.62. The summed E-state index contributed by atoms with van der Waals surface area (Å²) >= 11 is 4.96. The number of unbranched alkanes of at least 4 members (excludes halogenated alkanes) is 4. The first-order chi connectivity index (χ1) is 9.15. The monoisotopic (exact) mass is 278 g/mol. The van der Waals surface area contributed by atoms with E-state index in [-0.39, 0.29) is 5.91 Å². The maximum atomic E-state index is 11.8. The standard InChI is InChI=1S/C15H22N2OS/c1-2-3-4-5-6-11-14(18)17-13-10-8-7-9-12(13)15(16)19/h7-10H,2-6,11H2,1H3,(H2,16,19)(H,17,18). The van der Waals surface area contributed by atoms with Crippen LogP contribution in [0.15, 0.2) is 24.3 Å². The highest BCUT2D eigenvalue weighted by molar-refractivity contribution is 7.80. The molecule has 3 nitrogen and oxygen atoms in total. The largest absolute Gasteiger partial charge is 0.389 e. The van der Waals surface area contributed by atoms with Gasteiger partial charge in [-0.3, -0.25) is 4.79 Å². The fraction of sp³-hybridized carbons (Fsp3) is 0.467. The molecular weight excluding hydrogens is 256 g/mol. The van der Waals surface area contributed by atoms with E-state index in [1.807, 2.05) is 24.3 Å². The Morgan fingerprint density at radius 1 is 1.21 bits per heavy atom. The Kier molecular flexibility index (Phi) is 7.11. The summed E-state index contributed by atoms with van der Waals surface area (Å²) in [7, 11) is 0. The first-order valence-corrected chi connectivity index (χ1v) is 7.24. The van der Waals surface area contributed by atoms with Gasteiger partial charge < -0.3 is 11.1 Å². The molecule has 3 N–H and O–H groups in total. The first kappa shape index (κ1) is 15.6. The molecule has 0 aromatic heterocycles. The lowest BCUT2D eigenvalue weighted by Gasteiger charge is -2.09. The van der Waals surface area contributed by atoms with E-state index in [2.05, 4.69) is 12.2 Å². The molecule has 1 aromatic carbocycles. The molecule has 0 saturated carbocycles. The van der Waals surface area contributed by atoms with Crippen molar-refractivity contribution >= 4 is 28.8 Å². The maximum absolute atomic E-state index is 11.8. The predicted octanol–water partition coefficient (Wildman–Crippen LogP) is 3.62. The molecule has 1 rings (SSSR count). The van der Waals surface area contributed by atoms with Gasteiger partial charge >= 0.3 is 0 Å². The van der Waals surface area contributed by atoms with E-state index < -0.39 is 0 Å². The Morgan fingerprint density at radius 2 is 1.89 bits per heavy atom. The summed E-state index contributed by atoms with van der Waals surface area (Å²) in [6.45, 7) is 2.18. The second-order valence-corrected chi connectivity index (χ2v) is 5.06. The zero-order valence-corrected chi connectivity index (χ0v) is 12.3. The average Bonchev–Trinajstić information content (AvgIpc) is 2.39. The average molecular weight is 278 g/mol. The number of rotatable bonds is 8. The lowest BCUT2D eigenvalue weighted by Crippen LogP contribution is -2.17. The van der Waals surface area contributed by atoms with Gasteiger partial charge in [-0.15, -0.1) is 0 Å². The van der Waals surface area contributed by atoms with E-state index in [9.17, 15) is 4.79 Å². The predicted molar refractivity (Wildman–Crippen MR) is 84.3 cm³/mol. The van der Waals surface area contributed by atoms with E-state index in [0.717, 1.165) is 18.4 Å². The Morgan fingerprint density at radius 3 is 2.58 bits per heavy atom. The summed E-state index contributed by atoms with van der Waals surface area (Å²) in [6.07, 6.45) is 6.25. The minimum atomic E-state index is 0.0280.